The molecule has 1 amide bonds. The molecule has 1 N–H and O–H groups in total. The third kappa shape index (κ3) is 3.18. The highest BCUT2D eigenvalue weighted by atomic mass is 79.9. The first-order chi connectivity index (χ1) is 11.4. The Hall–Kier alpha value is -3.00. The molecule has 3 aromatic rings. The van der Waals surface area contributed by atoms with E-state index >= 15 is 0 Å². The number of anilines is 1. The number of nitro benzene ring substituents is 1. The van der Waals surface area contributed by atoms with Crippen LogP contribution in [0.15, 0.2) is 62.2 Å². The molecule has 0 aliphatic heterocycles. The van der Waals surface area contributed by atoms with E-state index in [4.69, 9.17) is 4.42 Å². The van der Waals surface area contributed by atoms with Gasteiger partial charge >= 0.3 is 5.63 Å². The second-order valence-electron chi connectivity index (χ2n) is 4.89. The molecule has 0 spiro atoms. The molecule has 0 fully saturated rings. The van der Waals surface area contributed by atoms with Crippen molar-refractivity contribution >= 4 is 44.2 Å². The van der Waals surface area contributed by atoms with Gasteiger partial charge in [-0.15, -0.1) is 0 Å². The Morgan fingerprint density at radius 1 is 1.12 bits per heavy atom. The molecule has 8 heteroatoms. The number of rotatable bonds is 3. The lowest BCUT2D eigenvalue weighted by molar-refractivity contribution is -0.384. The summed E-state index contributed by atoms with van der Waals surface area (Å²) in [6.07, 6.45) is 0. The molecule has 0 saturated carbocycles. The molecule has 0 radical (unpaired) electrons. The van der Waals surface area contributed by atoms with E-state index in [1.165, 1.54) is 30.3 Å². The quantitative estimate of drug-likeness (QED) is 0.418. The number of carbonyl (C=O) groups excluding carboxylic acids is 1. The zero-order valence-electron chi connectivity index (χ0n) is 12.0. The van der Waals surface area contributed by atoms with Gasteiger partial charge in [0.15, 0.2) is 0 Å². The first-order valence-electron chi connectivity index (χ1n) is 6.73. The molecule has 0 bridgehead atoms. The van der Waals surface area contributed by atoms with Crippen LogP contribution in [0.5, 0.6) is 0 Å². The molecule has 0 aliphatic carbocycles. The van der Waals surface area contributed by atoms with E-state index in [-0.39, 0.29) is 11.3 Å². The average molecular weight is 389 g/mol. The summed E-state index contributed by atoms with van der Waals surface area (Å²) in [5.74, 6) is -0.653. The average Bonchev–Trinajstić information content (AvgIpc) is 2.55. The molecule has 0 saturated heterocycles. The minimum absolute atomic E-state index is 0.0944. The predicted molar refractivity (Wildman–Crippen MR) is 91.2 cm³/mol. The smallest absolute Gasteiger partial charge is 0.349 e. The molecule has 120 valence electrons. The van der Waals surface area contributed by atoms with Crippen LogP contribution in [-0.4, -0.2) is 10.8 Å². The second-order valence-corrected chi connectivity index (χ2v) is 5.80. The van der Waals surface area contributed by atoms with E-state index in [2.05, 4.69) is 21.2 Å². The Morgan fingerprint density at radius 2 is 1.83 bits per heavy atom. The monoisotopic (exact) mass is 388 g/mol. The summed E-state index contributed by atoms with van der Waals surface area (Å²) in [6, 6.07) is 11.8. The van der Waals surface area contributed by atoms with Gasteiger partial charge in [0.2, 0.25) is 0 Å². The molecular formula is C16H9BrN2O5. The number of nitro groups is 1. The van der Waals surface area contributed by atoms with Gasteiger partial charge in [0.1, 0.15) is 11.1 Å². The van der Waals surface area contributed by atoms with Crippen molar-refractivity contribution in [1.82, 2.24) is 0 Å². The highest BCUT2D eigenvalue weighted by molar-refractivity contribution is 9.10. The Morgan fingerprint density at radius 3 is 2.50 bits per heavy atom. The van der Waals surface area contributed by atoms with E-state index < -0.39 is 16.5 Å². The minimum Gasteiger partial charge on any atom is -0.422 e. The zero-order chi connectivity index (χ0) is 17.3. The summed E-state index contributed by atoms with van der Waals surface area (Å²) in [7, 11) is 0. The van der Waals surface area contributed by atoms with Crippen LogP contribution < -0.4 is 10.9 Å². The summed E-state index contributed by atoms with van der Waals surface area (Å²) in [5, 5.41) is 13.7. The minimum atomic E-state index is -0.760. The third-order valence-corrected chi connectivity index (χ3v) is 3.77. The summed E-state index contributed by atoms with van der Waals surface area (Å²) in [6.45, 7) is 0. The molecule has 0 atom stereocenters. The van der Waals surface area contributed by atoms with Crippen molar-refractivity contribution < 1.29 is 14.1 Å². The lowest BCUT2D eigenvalue weighted by Crippen LogP contribution is -2.20. The number of amides is 1. The molecule has 0 unspecified atom stereocenters. The van der Waals surface area contributed by atoms with Gasteiger partial charge in [-0.3, -0.25) is 14.9 Å². The molecule has 24 heavy (non-hydrogen) atoms. The topological polar surface area (TPSA) is 102 Å². The van der Waals surface area contributed by atoms with Crippen LogP contribution in [0.25, 0.3) is 11.0 Å². The van der Waals surface area contributed by atoms with Gasteiger partial charge in [0.25, 0.3) is 11.6 Å². The maximum atomic E-state index is 12.3. The molecule has 7 nitrogen and oxygen atoms in total. The van der Waals surface area contributed by atoms with Crippen molar-refractivity contribution in [3.8, 4) is 0 Å². The van der Waals surface area contributed by atoms with Crippen molar-refractivity contribution in [2.45, 2.75) is 0 Å². The number of hydrogen-bond acceptors (Lipinski definition) is 5. The fraction of sp³-hybridized carbons (Fsp3) is 0. The fourth-order valence-electron chi connectivity index (χ4n) is 2.12. The van der Waals surface area contributed by atoms with E-state index in [1.54, 1.807) is 18.2 Å². The lowest BCUT2D eigenvalue weighted by atomic mass is 10.1. The summed E-state index contributed by atoms with van der Waals surface area (Å²) >= 11 is 3.31. The number of halogens is 1. The second kappa shape index (κ2) is 6.25. The van der Waals surface area contributed by atoms with Gasteiger partial charge in [-0.25, -0.2) is 4.79 Å². The number of hydrogen-bond donors (Lipinski definition) is 1. The van der Waals surface area contributed by atoms with Crippen LogP contribution in [0.1, 0.15) is 10.4 Å². The van der Waals surface area contributed by atoms with Gasteiger partial charge in [0, 0.05) is 27.7 Å². The Bertz CT molecular complexity index is 1010. The summed E-state index contributed by atoms with van der Waals surface area (Å²) in [5.41, 5.74) is -0.305. The first-order valence-corrected chi connectivity index (χ1v) is 7.52. The van der Waals surface area contributed by atoms with Crippen molar-refractivity contribution in [3.05, 3.63) is 79.1 Å². The molecule has 0 aliphatic rings. The highest BCUT2D eigenvalue weighted by Gasteiger charge is 2.15. The Balaban J connectivity index is 1.91. The zero-order valence-corrected chi connectivity index (χ0v) is 13.6. The molecular weight excluding hydrogens is 380 g/mol. The number of nitrogens with one attached hydrogen (secondary N) is 1. The summed E-state index contributed by atoms with van der Waals surface area (Å²) in [4.78, 5) is 34.3. The van der Waals surface area contributed by atoms with Crippen LogP contribution in [-0.2, 0) is 0 Å². The van der Waals surface area contributed by atoms with Crippen molar-refractivity contribution in [2.24, 2.45) is 0 Å². The maximum Gasteiger partial charge on any atom is 0.349 e. The Kier molecular flexibility index (Phi) is 4.13. The fourth-order valence-corrected chi connectivity index (χ4v) is 2.50. The lowest BCUT2D eigenvalue weighted by Gasteiger charge is -2.05. The number of fused-ring (bicyclic) bond motifs is 1. The van der Waals surface area contributed by atoms with E-state index in [0.717, 1.165) is 4.47 Å². The predicted octanol–water partition coefficient (Wildman–Crippen LogP) is 3.72. The number of benzene rings is 2. The third-order valence-electron chi connectivity index (χ3n) is 3.27. The molecule has 1 aromatic heterocycles. The van der Waals surface area contributed by atoms with Crippen LogP contribution in [0.4, 0.5) is 11.4 Å². The van der Waals surface area contributed by atoms with Gasteiger partial charge < -0.3 is 9.73 Å². The standard InChI is InChI=1S/C16H9BrN2O5/c17-10-1-6-14-9(7-10)8-13(16(21)24-14)15(20)18-11-2-4-12(5-3-11)19(22)23/h1-8H,(H,18,20). The van der Waals surface area contributed by atoms with Crippen molar-refractivity contribution in [2.75, 3.05) is 5.32 Å². The highest BCUT2D eigenvalue weighted by Crippen LogP contribution is 2.20. The first kappa shape index (κ1) is 15.9. The molecule has 3 rings (SSSR count). The van der Waals surface area contributed by atoms with Crippen molar-refractivity contribution in [1.29, 1.82) is 0 Å². The largest absolute Gasteiger partial charge is 0.422 e. The normalized spacial score (nSPS) is 10.5. The van der Waals surface area contributed by atoms with E-state index in [0.29, 0.717) is 16.7 Å². The van der Waals surface area contributed by atoms with Crippen LogP contribution in [0.2, 0.25) is 0 Å². The van der Waals surface area contributed by atoms with Crippen molar-refractivity contribution in [3.63, 3.8) is 0 Å². The van der Waals surface area contributed by atoms with Gasteiger partial charge in [-0.05, 0) is 36.4 Å². The van der Waals surface area contributed by atoms with Crippen LogP contribution in [0.3, 0.4) is 0 Å². The number of nitrogens with zero attached hydrogens (tertiary/aromatic N) is 1. The van der Waals surface area contributed by atoms with Crippen LogP contribution >= 0.6 is 15.9 Å². The summed E-state index contributed by atoms with van der Waals surface area (Å²) < 4.78 is 5.91. The maximum absolute atomic E-state index is 12.3. The molecule has 2 aromatic carbocycles. The van der Waals surface area contributed by atoms with Gasteiger partial charge in [0.05, 0.1) is 4.92 Å². The Labute approximate surface area is 143 Å². The number of carbonyl (C=O) groups is 1. The van der Waals surface area contributed by atoms with E-state index in [1.807, 2.05) is 0 Å². The van der Waals surface area contributed by atoms with Crippen LogP contribution in [0, 0.1) is 10.1 Å². The number of non-ortho nitro benzene ring substituents is 1. The molecule has 1 heterocycles. The SMILES string of the molecule is O=C(Nc1ccc([N+](=O)[O-])cc1)c1cc2cc(Br)ccc2oc1=O. The van der Waals surface area contributed by atoms with Gasteiger partial charge in [-0.2, -0.15) is 0 Å². The van der Waals surface area contributed by atoms with Gasteiger partial charge in [-0.1, -0.05) is 15.9 Å². The van der Waals surface area contributed by atoms with E-state index in [9.17, 15) is 19.7 Å².